The van der Waals surface area contributed by atoms with E-state index >= 15 is 0 Å². The van der Waals surface area contributed by atoms with Crippen LogP contribution in [0.4, 0.5) is 0 Å². The summed E-state index contributed by atoms with van der Waals surface area (Å²) in [6.45, 7) is 7.11. The summed E-state index contributed by atoms with van der Waals surface area (Å²) in [4.78, 5) is 14.0. The van der Waals surface area contributed by atoms with Crippen LogP contribution in [0.2, 0.25) is 0 Å². The highest BCUT2D eigenvalue weighted by Crippen LogP contribution is 2.16. The van der Waals surface area contributed by atoms with E-state index in [0.717, 1.165) is 5.56 Å². The molecule has 1 aromatic rings. The second-order valence-corrected chi connectivity index (χ2v) is 6.07. The Balaban J connectivity index is 2.74. The van der Waals surface area contributed by atoms with Crippen molar-refractivity contribution < 1.29 is 9.90 Å². The Kier molecular flexibility index (Phi) is 5.79. The third kappa shape index (κ3) is 5.46. The number of nitrogens with zero attached hydrogens (tertiary/aromatic N) is 1. The van der Waals surface area contributed by atoms with E-state index in [2.05, 4.69) is 32.6 Å². The van der Waals surface area contributed by atoms with Gasteiger partial charge in [-0.15, -0.1) is 0 Å². The summed E-state index contributed by atoms with van der Waals surface area (Å²) in [5, 5.41) is 8.66. The van der Waals surface area contributed by atoms with Crippen molar-refractivity contribution in [2.75, 3.05) is 20.2 Å². The Hall–Kier alpha value is -1.79. The lowest BCUT2D eigenvalue weighted by molar-refractivity contribution is 0.0745. The van der Waals surface area contributed by atoms with Crippen LogP contribution in [0.25, 0.3) is 0 Å². The lowest BCUT2D eigenvalue weighted by Gasteiger charge is -2.26. The van der Waals surface area contributed by atoms with Crippen LogP contribution in [-0.4, -0.2) is 36.1 Å². The first-order valence-electron chi connectivity index (χ1n) is 6.79. The summed E-state index contributed by atoms with van der Waals surface area (Å²) in [6, 6.07) is 7.26. The van der Waals surface area contributed by atoms with Crippen molar-refractivity contribution >= 4 is 5.91 Å². The van der Waals surface area contributed by atoms with E-state index < -0.39 is 0 Å². The molecule has 0 radical (unpaired) electrons. The second-order valence-electron chi connectivity index (χ2n) is 6.07. The zero-order valence-electron chi connectivity index (χ0n) is 12.7. The van der Waals surface area contributed by atoms with Gasteiger partial charge in [0.05, 0.1) is 6.61 Å². The first kappa shape index (κ1) is 16.3. The van der Waals surface area contributed by atoms with Crippen molar-refractivity contribution in [2.45, 2.75) is 27.2 Å². The number of carbonyl (C=O) groups excluding carboxylic acids is 1. The van der Waals surface area contributed by atoms with Gasteiger partial charge in [0.15, 0.2) is 0 Å². The molecule has 20 heavy (non-hydrogen) atoms. The predicted octanol–water partition coefficient (Wildman–Crippen LogP) is 2.54. The quantitative estimate of drug-likeness (QED) is 0.860. The number of benzene rings is 1. The molecule has 0 spiro atoms. The van der Waals surface area contributed by atoms with Crippen LogP contribution in [0, 0.1) is 17.3 Å². The van der Waals surface area contributed by atoms with Crippen LogP contribution in [0.3, 0.4) is 0 Å². The molecule has 3 heteroatoms. The largest absolute Gasteiger partial charge is 0.395 e. The molecule has 0 saturated heterocycles. The molecule has 1 aromatic carbocycles. The number of aliphatic hydroxyl groups excluding tert-OH is 1. The van der Waals surface area contributed by atoms with Crippen molar-refractivity contribution in [3.8, 4) is 11.8 Å². The lowest BCUT2D eigenvalue weighted by atomic mass is 9.96. The summed E-state index contributed by atoms with van der Waals surface area (Å²) >= 11 is 0. The van der Waals surface area contributed by atoms with Gasteiger partial charge in [-0.1, -0.05) is 32.6 Å². The Bertz CT molecular complexity index is 501. The first-order chi connectivity index (χ1) is 9.33. The minimum atomic E-state index is 0.0230. The molecule has 1 amide bonds. The smallest absolute Gasteiger partial charge is 0.253 e. The molecule has 0 saturated carbocycles. The Morgan fingerprint density at radius 1 is 1.25 bits per heavy atom. The monoisotopic (exact) mass is 273 g/mol. The third-order valence-electron chi connectivity index (χ3n) is 2.66. The Labute approximate surface area is 121 Å². The van der Waals surface area contributed by atoms with Gasteiger partial charge in [0.25, 0.3) is 5.91 Å². The highest BCUT2D eigenvalue weighted by molar-refractivity contribution is 5.94. The van der Waals surface area contributed by atoms with Gasteiger partial charge in [-0.3, -0.25) is 4.79 Å². The van der Waals surface area contributed by atoms with Gasteiger partial charge in [0.2, 0.25) is 0 Å². The number of amides is 1. The van der Waals surface area contributed by atoms with Gasteiger partial charge in [0.1, 0.15) is 0 Å². The van der Waals surface area contributed by atoms with Gasteiger partial charge >= 0.3 is 0 Å². The van der Waals surface area contributed by atoms with Crippen LogP contribution >= 0.6 is 0 Å². The summed E-state index contributed by atoms with van der Waals surface area (Å²) in [6.07, 6.45) is 0.467. The standard InChI is InChI=1S/C17H23NO2/c1-17(2,3)13-18(4)16(20)15-10-8-14(9-11-15)7-5-6-12-19/h8-11,19H,6,12-13H2,1-4H3. The van der Waals surface area contributed by atoms with Crippen molar-refractivity contribution in [1.82, 2.24) is 4.90 Å². The molecule has 108 valence electrons. The zero-order valence-corrected chi connectivity index (χ0v) is 12.7. The van der Waals surface area contributed by atoms with Crippen LogP contribution in [0.1, 0.15) is 43.1 Å². The molecule has 3 nitrogen and oxygen atoms in total. The fourth-order valence-corrected chi connectivity index (χ4v) is 1.92. The average Bonchev–Trinajstić information content (AvgIpc) is 2.37. The minimum absolute atomic E-state index is 0.0230. The number of aliphatic hydroxyl groups is 1. The summed E-state index contributed by atoms with van der Waals surface area (Å²) in [5.41, 5.74) is 1.61. The summed E-state index contributed by atoms with van der Waals surface area (Å²) in [5.74, 6) is 5.83. The fraction of sp³-hybridized carbons (Fsp3) is 0.471. The van der Waals surface area contributed by atoms with Crippen molar-refractivity contribution in [3.05, 3.63) is 35.4 Å². The van der Waals surface area contributed by atoms with E-state index in [9.17, 15) is 4.79 Å². The highest BCUT2D eigenvalue weighted by atomic mass is 16.2. The maximum atomic E-state index is 12.3. The maximum absolute atomic E-state index is 12.3. The lowest BCUT2D eigenvalue weighted by Crippen LogP contribution is -2.34. The fourth-order valence-electron chi connectivity index (χ4n) is 1.92. The van der Waals surface area contributed by atoms with Crippen LogP contribution in [0.15, 0.2) is 24.3 Å². The number of hydrogen-bond acceptors (Lipinski definition) is 2. The molecule has 0 fully saturated rings. The molecule has 1 N–H and O–H groups in total. The topological polar surface area (TPSA) is 40.5 Å². The van der Waals surface area contributed by atoms with Crippen molar-refractivity contribution in [3.63, 3.8) is 0 Å². The minimum Gasteiger partial charge on any atom is -0.395 e. The molecule has 0 bridgehead atoms. The predicted molar refractivity (Wildman–Crippen MR) is 81.4 cm³/mol. The van der Waals surface area contributed by atoms with Gasteiger partial charge < -0.3 is 10.0 Å². The third-order valence-corrected chi connectivity index (χ3v) is 2.66. The van der Waals surface area contributed by atoms with E-state index in [0.29, 0.717) is 18.5 Å². The van der Waals surface area contributed by atoms with Gasteiger partial charge in [-0.2, -0.15) is 0 Å². The normalized spacial score (nSPS) is 10.7. The van der Waals surface area contributed by atoms with Crippen molar-refractivity contribution in [2.24, 2.45) is 5.41 Å². The number of rotatable bonds is 3. The van der Waals surface area contributed by atoms with Gasteiger partial charge in [-0.05, 0) is 29.7 Å². The van der Waals surface area contributed by atoms with Crippen LogP contribution in [0.5, 0.6) is 0 Å². The first-order valence-corrected chi connectivity index (χ1v) is 6.79. The zero-order chi connectivity index (χ0) is 15.2. The van der Waals surface area contributed by atoms with Crippen LogP contribution < -0.4 is 0 Å². The molecule has 0 aliphatic carbocycles. The maximum Gasteiger partial charge on any atom is 0.253 e. The van der Waals surface area contributed by atoms with Gasteiger partial charge in [0, 0.05) is 31.1 Å². The summed E-state index contributed by atoms with van der Waals surface area (Å²) in [7, 11) is 1.82. The van der Waals surface area contributed by atoms with E-state index in [4.69, 9.17) is 5.11 Å². The molecule has 0 heterocycles. The molecule has 0 aliphatic heterocycles. The average molecular weight is 273 g/mol. The second kappa shape index (κ2) is 7.12. The van der Waals surface area contributed by atoms with Gasteiger partial charge in [-0.25, -0.2) is 0 Å². The number of hydrogen-bond donors (Lipinski definition) is 1. The molecule has 0 unspecified atom stereocenters. The summed E-state index contributed by atoms with van der Waals surface area (Å²) < 4.78 is 0. The van der Waals surface area contributed by atoms with Crippen LogP contribution in [-0.2, 0) is 0 Å². The van der Waals surface area contributed by atoms with E-state index in [1.165, 1.54) is 0 Å². The molecule has 0 aliphatic rings. The van der Waals surface area contributed by atoms with Crippen molar-refractivity contribution in [1.29, 1.82) is 0 Å². The van der Waals surface area contributed by atoms with E-state index in [1.807, 2.05) is 19.2 Å². The Morgan fingerprint density at radius 2 is 1.85 bits per heavy atom. The molecule has 0 aromatic heterocycles. The molecular weight excluding hydrogens is 250 g/mol. The van der Waals surface area contributed by atoms with E-state index in [-0.39, 0.29) is 17.9 Å². The molecule has 1 rings (SSSR count). The van der Waals surface area contributed by atoms with E-state index in [1.54, 1.807) is 17.0 Å². The number of carbonyl (C=O) groups is 1. The molecule has 0 atom stereocenters. The SMILES string of the molecule is CN(CC(C)(C)C)C(=O)c1ccc(C#CCCO)cc1. The Morgan fingerprint density at radius 3 is 2.35 bits per heavy atom. The highest BCUT2D eigenvalue weighted by Gasteiger charge is 2.18. The molecular formula is C17H23NO2.